The fraction of sp³-hybridized carbons (Fsp3) is 0.333. The van der Waals surface area contributed by atoms with Crippen LogP contribution in [0.2, 0.25) is 0 Å². The summed E-state index contributed by atoms with van der Waals surface area (Å²) in [7, 11) is 3.44. The van der Waals surface area contributed by atoms with Crippen LogP contribution in [0.1, 0.15) is 28.8 Å². The highest BCUT2D eigenvalue weighted by molar-refractivity contribution is 7.99. The van der Waals surface area contributed by atoms with Crippen LogP contribution < -0.4 is 0 Å². The molecular weight excluding hydrogens is 346 g/mol. The molecule has 4 nitrogen and oxygen atoms in total. The van der Waals surface area contributed by atoms with Gasteiger partial charge in [-0.2, -0.15) is 0 Å². The van der Waals surface area contributed by atoms with E-state index in [1.807, 2.05) is 30.3 Å². The van der Waals surface area contributed by atoms with Crippen LogP contribution in [0.3, 0.4) is 0 Å². The molecule has 26 heavy (non-hydrogen) atoms. The second kappa shape index (κ2) is 10.0. The molecule has 138 valence electrons. The third-order valence-corrected chi connectivity index (χ3v) is 5.34. The summed E-state index contributed by atoms with van der Waals surface area (Å²) in [6, 6.07) is 17.5. The minimum Gasteiger partial charge on any atom is -0.481 e. The van der Waals surface area contributed by atoms with Crippen molar-refractivity contribution in [2.24, 2.45) is 5.92 Å². The second-order valence-corrected chi connectivity index (χ2v) is 7.54. The van der Waals surface area contributed by atoms with Crippen molar-refractivity contribution < 1.29 is 14.7 Å². The molecule has 2 aromatic carbocycles. The summed E-state index contributed by atoms with van der Waals surface area (Å²) in [5, 5.41) is 9.46. The van der Waals surface area contributed by atoms with Crippen LogP contribution >= 0.6 is 11.8 Å². The monoisotopic (exact) mass is 371 g/mol. The van der Waals surface area contributed by atoms with Crippen molar-refractivity contribution in [1.82, 2.24) is 4.90 Å². The summed E-state index contributed by atoms with van der Waals surface area (Å²) in [5.41, 5.74) is 1.88. The summed E-state index contributed by atoms with van der Waals surface area (Å²) in [4.78, 5) is 25.9. The van der Waals surface area contributed by atoms with Crippen LogP contribution in [0.5, 0.6) is 0 Å². The van der Waals surface area contributed by atoms with E-state index in [-0.39, 0.29) is 11.8 Å². The lowest BCUT2D eigenvalue weighted by atomic mass is 10.0. The number of hydrogen-bond acceptors (Lipinski definition) is 3. The summed E-state index contributed by atoms with van der Waals surface area (Å²) in [5.74, 6) is -0.618. The Balaban J connectivity index is 1.84. The average molecular weight is 372 g/mol. The molecule has 0 aliphatic carbocycles. The van der Waals surface area contributed by atoms with Gasteiger partial charge in [0.1, 0.15) is 0 Å². The van der Waals surface area contributed by atoms with Crippen LogP contribution in [-0.4, -0.2) is 41.7 Å². The standard InChI is InChI=1S/C21H25NO3S/c1-22(2)20(23)17-11-13-19(14-12-17)26-15-18(21(24)25)10-6-9-16-7-4-3-5-8-16/h3-5,7-8,11-14,18H,6,9-10,15H2,1-2H3,(H,24,25). The number of amides is 1. The number of aliphatic carboxylic acids is 1. The normalized spacial score (nSPS) is 11.8. The Morgan fingerprint density at radius 2 is 1.69 bits per heavy atom. The van der Waals surface area contributed by atoms with Crippen molar-refractivity contribution in [2.75, 3.05) is 19.8 Å². The minimum atomic E-state index is -0.745. The first-order valence-corrected chi connectivity index (χ1v) is 9.67. The summed E-state index contributed by atoms with van der Waals surface area (Å²) < 4.78 is 0. The van der Waals surface area contributed by atoms with E-state index in [1.165, 1.54) is 22.2 Å². The van der Waals surface area contributed by atoms with E-state index in [1.54, 1.807) is 26.2 Å². The van der Waals surface area contributed by atoms with Crippen LogP contribution in [0.15, 0.2) is 59.5 Å². The quantitative estimate of drug-likeness (QED) is 0.671. The first-order valence-electron chi connectivity index (χ1n) is 8.68. The number of carbonyl (C=O) groups excluding carboxylic acids is 1. The second-order valence-electron chi connectivity index (χ2n) is 6.45. The highest BCUT2D eigenvalue weighted by Crippen LogP contribution is 2.24. The maximum atomic E-state index is 11.9. The van der Waals surface area contributed by atoms with Gasteiger partial charge >= 0.3 is 5.97 Å². The highest BCUT2D eigenvalue weighted by Gasteiger charge is 2.17. The van der Waals surface area contributed by atoms with E-state index in [0.717, 1.165) is 17.7 Å². The smallest absolute Gasteiger partial charge is 0.307 e. The summed E-state index contributed by atoms with van der Waals surface area (Å²) in [6.45, 7) is 0. The molecule has 1 N–H and O–H groups in total. The Kier molecular flexibility index (Phi) is 7.73. The van der Waals surface area contributed by atoms with Crippen molar-refractivity contribution in [3.8, 4) is 0 Å². The predicted octanol–water partition coefficient (Wildman–Crippen LogP) is 4.20. The zero-order chi connectivity index (χ0) is 18.9. The Morgan fingerprint density at radius 1 is 1.04 bits per heavy atom. The van der Waals surface area contributed by atoms with Gasteiger partial charge in [0.2, 0.25) is 0 Å². The minimum absolute atomic E-state index is 0.0362. The number of aryl methyl sites for hydroxylation is 1. The fourth-order valence-electron chi connectivity index (χ4n) is 2.62. The third-order valence-electron chi connectivity index (χ3n) is 4.17. The van der Waals surface area contributed by atoms with Crippen molar-refractivity contribution in [3.63, 3.8) is 0 Å². The molecule has 0 aromatic heterocycles. The van der Waals surface area contributed by atoms with Crippen LogP contribution in [0.4, 0.5) is 0 Å². The van der Waals surface area contributed by atoms with E-state index in [9.17, 15) is 14.7 Å². The molecule has 0 saturated heterocycles. The SMILES string of the molecule is CN(C)C(=O)c1ccc(SCC(CCCc2ccccc2)C(=O)O)cc1. The topological polar surface area (TPSA) is 57.6 Å². The number of thioether (sulfide) groups is 1. The number of carboxylic acids is 1. The lowest BCUT2D eigenvalue weighted by molar-refractivity contribution is -0.141. The molecule has 5 heteroatoms. The van der Waals surface area contributed by atoms with Gasteiger partial charge in [0.05, 0.1) is 5.92 Å². The number of rotatable bonds is 9. The summed E-state index contributed by atoms with van der Waals surface area (Å²) >= 11 is 1.53. The van der Waals surface area contributed by atoms with Gasteiger partial charge in [-0.3, -0.25) is 9.59 Å². The van der Waals surface area contributed by atoms with Gasteiger partial charge in [0, 0.05) is 30.3 Å². The Labute approximate surface area is 159 Å². The van der Waals surface area contributed by atoms with E-state index in [4.69, 9.17) is 0 Å². The third kappa shape index (κ3) is 6.23. The molecule has 0 aliphatic heterocycles. The number of carbonyl (C=O) groups is 2. The van der Waals surface area contributed by atoms with Crippen molar-refractivity contribution >= 4 is 23.6 Å². The molecule has 2 aromatic rings. The van der Waals surface area contributed by atoms with Crippen molar-refractivity contribution in [3.05, 3.63) is 65.7 Å². The average Bonchev–Trinajstić information content (AvgIpc) is 2.64. The molecule has 0 saturated carbocycles. The van der Waals surface area contributed by atoms with Crippen molar-refractivity contribution in [2.45, 2.75) is 24.2 Å². The number of benzene rings is 2. The number of nitrogens with zero attached hydrogens (tertiary/aromatic N) is 1. The number of hydrogen-bond donors (Lipinski definition) is 1. The maximum Gasteiger partial charge on any atom is 0.307 e. The van der Waals surface area contributed by atoms with Crippen LogP contribution in [-0.2, 0) is 11.2 Å². The van der Waals surface area contributed by atoms with E-state index in [0.29, 0.717) is 17.7 Å². The van der Waals surface area contributed by atoms with Gasteiger partial charge in [-0.25, -0.2) is 0 Å². The fourth-order valence-corrected chi connectivity index (χ4v) is 3.66. The highest BCUT2D eigenvalue weighted by atomic mass is 32.2. The first-order chi connectivity index (χ1) is 12.5. The molecule has 0 spiro atoms. The zero-order valence-corrected chi connectivity index (χ0v) is 16.0. The Hall–Kier alpha value is -2.27. The van der Waals surface area contributed by atoms with Gasteiger partial charge in [-0.1, -0.05) is 30.3 Å². The van der Waals surface area contributed by atoms with Gasteiger partial charge in [0.15, 0.2) is 0 Å². The van der Waals surface area contributed by atoms with E-state index >= 15 is 0 Å². The molecular formula is C21H25NO3S. The largest absolute Gasteiger partial charge is 0.481 e. The van der Waals surface area contributed by atoms with Crippen molar-refractivity contribution in [1.29, 1.82) is 0 Å². The predicted molar refractivity (Wildman–Crippen MR) is 106 cm³/mol. The molecule has 0 bridgehead atoms. The van der Waals surface area contributed by atoms with Gasteiger partial charge < -0.3 is 10.0 Å². The van der Waals surface area contributed by atoms with Gasteiger partial charge in [0.25, 0.3) is 5.91 Å². The molecule has 1 amide bonds. The van der Waals surface area contributed by atoms with E-state index < -0.39 is 5.97 Å². The lowest BCUT2D eigenvalue weighted by Gasteiger charge is -2.13. The van der Waals surface area contributed by atoms with Gasteiger partial charge in [-0.15, -0.1) is 11.8 Å². The molecule has 0 aliphatic rings. The van der Waals surface area contributed by atoms with Gasteiger partial charge in [-0.05, 0) is 49.1 Å². The summed E-state index contributed by atoms with van der Waals surface area (Å²) in [6.07, 6.45) is 2.42. The van der Waals surface area contributed by atoms with Crippen LogP contribution in [0.25, 0.3) is 0 Å². The Bertz CT molecular complexity index is 714. The molecule has 0 radical (unpaired) electrons. The number of carboxylic acid groups (broad SMARTS) is 1. The zero-order valence-electron chi connectivity index (χ0n) is 15.2. The molecule has 1 atom stereocenters. The maximum absolute atomic E-state index is 11.9. The molecule has 0 heterocycles. The van der Waals surface area contributed by atoms with Crippen LogP contribution in [0, 0.1) is 5.92 Å². The molecule has 0 fully saturated rings. The molecule has 2 rings (SSSR count). The first kappa shape index (κ1) is 20.0. The van der Waals surface area contributed by atoms with E-state index in [2.05, 4.69) is 12.1 Å². The lowest BCUT2D eigenvalue weighted by Crippen LogP contribution is -2.21. The Morgan fingerprint density at radius 3 is 2.27 bits per heavy atom. The molecule has 1 unspecified atom stereocenters.